The molecule has 9 nitrogen and oxygen atoms in total. The lowest BCUT2D eigenvalue weighted by atomic mass is 10.2. The van der Waals surface area contributed by atoms with Crippen LogP contribution in [0.25, 0.3) is 0 Å². The highest BCUT2D eigenvalue weighted by molar-refractivity contribution is 6.76. The molecule has 12 heteroatoms. The Labute approximate surface area is 180 Å². The molecule has 0 aliphatic rings. The Bertz CT molecular complexity index is 919. The number of H-pyrrole nitrogens is 1. The smallest absolute Gasteiger partial charge is 0.234 e. The Kier molecular flexibility index (Phi) is 7.22. The number of hydrogen-bond donors (Lipinski definition) is 2. The van der Waals surface area contributed by atoms with Gasteiger partial charge < -0.3 is 14.6 Å². The van der Waals surface area contributed by atoms with Crippen LogP contribution >= 0.6 is 23.2 Å². The van der Waals surface area contributed by atoms with Gasteiger partial charge in [0.25, 0.3) is 0 Å². The van der Waals surface area contributed by atoms with Crippen LogP contribution < -0.4 is 5.32 Å². The number of anilines is 2. The monoisotopic (exact) mass is 454 g/mol. The van der Waals surface area contributed by atoms with Gasteiger partial charge in [0.1, 0.15) is 12.6 Å². The van der Waals surface area contributed by atoms with E-state index in [1.165, 1.54) is 0 Å². The number of hydrogen-bond acceptors (Lipinski definition) is 7. The van der Waals surface area contributed by atoms with Crippen LogP contribution in [-0.2, 0) is 24.3 Å². The molecule has 3 rings (SSSR count). The van der Waals surface area contributed by atoms with Crippen molar-refractivity contribution in [3.8, 4) is 0 Å². The maximum atomic E-state index is 5.82. The SMILES string of the molecule is C[Si](C)(C)CCOCn1ccnc1CCc1cc(Nc2nc(Cl)nc(Cl)n2)n[nH]1. The third-order valence-electron chi connectivity index (χ3n) is 4.10. The molecule has 29 heavy (non-hydrogen) atoms. The predicted molar refractivity (Wildman–Crippen MR) is 115 cm³/mol. The van der Waals surface area contributed by atoms with E-state index in [0.29, 0.717) is 12.5 Å². The number of aryl methyl sites for hydroxylation is 2. The average molecular weight is 455 g/mol. The van der Waals surface area contributed by atoms with E-state index >= 15 is 0 Å². The van der Waals surface area contributed by atoms with Crippen LogP contribution in [0.2, 0.25) is 36.3 Å². The topological polar surface area (TPSA) is 106 Å². The lowest BCUT2D eigenvalue weighted by molar-refractivity contribution is 0.0851. The number of rotatable bonds is 10. The molecule has 0 aliphatic heterocycles. The first-order chi connectivity index (χ1) is 13.8. The largest absolute Gasteiger partial charge is 0.361 e. The van der Waals surface area contributed by atoms with Crippen molar-refractivity contribution in [1.29, 1.82) is 0 Å². The lowest BCUT2D eigenvalue weighted by Gasteiger charge is -2.16. The Morgan fingerprint density at radius 2 is 1.90 bits per heavy atom. The van der Waals surface area contributed by atoms with Gasteiger partial charge in [0.05, 0.1) is 0 Å². The molecule has 0 unspecified atom stereocenters. The van der Waals surface area contributed by atoms with Gasteiger partial charge >= 0.3 is 0 Å². The normalized spacial score (nSPS) is 11.8. The van der Waals surface area contributed by atoms with Crippen LogP contribution in [-0.4, -0.2) is 49.4 Å². The summed E-state index contributed by atoms with van der Waals surface area (Å²) in [5.74, 6) is 1.77. The number of aromatic amines is 1. The predicted octanol–water partition coefficient (Wildman–Crippen LogP) is 3.94. The Morgan fingerprint density at radius 1 is 1.14 bits per heavy atom. The third-order valence-corrected chi connectivity index (χ3v) is 6.14. The summed E-state index contributed by atoms with van der Waals surface area (Å²) in [6, 6.07) is 3.03. The number of halogens is 2. The van der Waals surface area contributed by atoms with Gasteiger partial charge in [-0.1, -0.05) is 19.6 Å². The molecule has 3 heterocycles. The molecule has 156 valence electrons. The van der Waals surface area contributed by atoms with Crippen LogP contribution in [0.15, 0.2) is 18.5 Å². The third kappa shape index (κ3) is 7.07. The fourth-order valence-electron chi connectivity index (χ4n) is 2.52. The van der Waals surface area contributed by atoms with E-state index in [2.05, 4.69) is 55.1 Å². The van der Waals surface area contributed by atoms with Gasteiger partial charge in [0.2, 0.25) is 16.5 Å². The zero-order valence-corrected chi connectivity index (χ0v) is 19.1. The molecule has 0 fully saturated rings. The number of imidazole rings is 1. The van der Waals surface area contributed by atoms with Crippen molar-refractivity contribution >= 4 is 43.0 Å². The first-order valence-electron chi connectivity index (χ1n) is 9.25. The summed E-state index contributed by atoms with van der Waals surface area (Å²) in [6.45, 7) is 8.34. The highest BCUT2D eigenvalue weighted by Crippen LogP contribution is 2.16. The number of ether oxygens (including phenoxy) is 1. The van der Waals surface area contributed by atoms with E-state index < -0.39 is 8.07 Å². The van der Waals surface area contributed by atoms with E-state index in [1.807, 2.05) is 16.8 Å². The summed E-state index contributed by atoms with van der Waals surface area (Å²) >= 11 is 11.6. The van der Waals surface area contributed by atoms with Crippen LogP contribution in [0, 0.1) is 0 Å². The molecule has 0 spiro atoms. The zero-order chi connectivity index (χ0) is 20.9. The molecule has 0 saturated carbocycles. The van der Waals surface area contributed by atoms with Crippen molar-refractivity contribution in [1.82, 2.24) is 34.7 Å². The van der Waals surface area contributed by atoms with Gasteiger partial charge in [0, 0.05) is 45.3 Å². The minimum absolute atomic E-state index is 0.0159. The van der Waals surface area contributed by atoms with E-state index in [1.54, 1.807) is 6.20 Å². The van der Waals surface area contributed by atoms with E-state index in [0.717, 1.165) is 37.0 Å². The molecule has 0 saturated heterocycles. The van der Waals surface area contributed by atoms with Crippen molar-refractivity contribution in [3.63, 3.8) is 0 Å². The van der Waals surface area contributed by atoms with Gasteiger partial charge in [-0.3, -0.25) is 5.10 Å². The van der Waals surface area contributed by atoms with Gasteiger partial charge in [-0.05, 0) is 35.7 Å². The highest BCUT2D eigenvalue weighted by Gasteiger charge is 2.12. The van der Waals surface area contributed by atoms with Crippen molar-refractivity contribution in [2.24, 2.45) is 0 Å². The second-order valence-electron chi connectivity index (χ2n) is 7.76. The summed E-state index contributed by atoms with van der Waals surface area (Å²) in [6.07, 6.45) is 5.25. The van der Waals surface area contributed by atoms with E-state index in [9.17, 15) is 0 Å². The number of nitrogens with one attached hydrogen (secondary N) is 2. The molecule has 0 bridgehead atoms. The van der Waals surface area contributed by atoms with Crippen molar-refractivity contribution in [3.05, 3.63) is 40.5 Å². The maximum absolute atomic E-state index is 5.82. The van der Waals surface area contributed by atoms with Crippen LogP contribution in [0.5, 0.6) is 0 Å². The van der Waals surface area contributed by atoms with Crippen molar-refractivity contribution in [2.45, 2.75) is 45.3 Å². The Hall–Kier alpha value is -2.01. The Balaban J connectivity index is 1.50. The molecule has 0 radical (unpaired) electrons. The van der Waals surface area contributed by atoms with Gasteiger partial charge in [0.15, 0.2) is 5.82 Å². The van der Waals surface area contributed by atoms with Crippen molar-refractivity contribution in [2.75, 3.05) is 11.9 Å². The fraction of sp³-hybridized carbons (Fsp3) is 0.471. The molecular formula is C17H24Cl2N8OSi. The molecular weight excluding hydrogens is 431 g/mol. The first-order valence-corrected chi connectivity index (χ1v) is 13.7. The highest BCUT2D eigenvalue weighted by atomic mass is 35.5. The number of nitrogens with zero attached hydrogens (tertiary/aromatic N) is 6. The zero-order valence-electron chi connectivity index (χ0n) is 16.6. The van der Waals surface area contributed by atoms with Crippen LogP contribution in [0.4, 0.5) is 11.8 Å². The quantitative estimate of drug-likeness (QED) is 0.352. The van der Waals surface area contributed by atoms with Crippen LogP contribution in [0.1, 0.15) is 11.5 Å². The standard InChI is InChI=1S/C17H24Cl2N8OSi/c1-29(2,3)9-8-28-11-27-7-6-20-14(27)5-4-12-10-13(26-25-12)21-17-23-15(18)22-16(19)24-17/h6-7,10H,4-5,8-9,11H2,1-3H3,(H2,21,22,23,24,25,26). The summed E-state index contributed by atoms with van der Waals surface area (Å²) in [5, 5.41) is 10.2. The van der Waals surface area contributed by atoms with Gasteiger partial charge in [-0.25, -0.2) is 4.98 Å². The number of aromatic nitrogens is 7. The van der Waals surface area contributed by atoms with Crippen LogP contribution in [0.3, 0.4) is 0 Å². The second kappa shape index (κ2) is 9.66. The minimum atomic E-state index is -1.08. The maximum Gasteiger partial charge on any atom is 0.234 e. The molecule has 3 aromatic heterocycles. The van der Waals surface area contributed by atoms with Crippen molar-refractivity contribution < 1.29 is 4.74 Å². The molecule has 3 aromatic rings. The molecule has 0 aromatic carbocycles. The molecule has 0 amide bonds. The van der Waals surface area contributed by atoms with E-state index in [-0.39, 0.29) is 16.5 Å². The van der Waals surface area contributed by atoms with Gasteiger partial charge in [-0.2, -0.15) is 20.1 Å². The lowest BCUT2D eigenvalue weighted by Crippen LogP contribution is -2.22. The summed E-state index contributed by atoms with van der Waals surface area (Å²) < 4.78 is 7.86. The summed E-state index contributed by atoms with van der Waals surface area (Å²) in [5.41, 5.74) is 0.952. The summed E-state index contributed by atoms with van der Waals surface area (Å²) in [4.78, 5) is 16.1. The molecule has 2 N–H and O–H groups in total. The molecule has 0 aliphatic carbocycles. The second-order valence-corrected chi connectivity index (χ2v) is 14.1. The Morgan fingerprint density at radius 3 is 2.62 bits per heavy atom. The molecule has 0 atom stereocenters. The average Bonchev–Trinajstić information content (AvgIpc) is 3.24. The van der Waals surface area contributed by atoms with Gasteiger partial charge in [-0.15, -0.1) is 0 Å². The summed E-state index contributed by atoms with van der Waals surface area (Å²) in [7, 11) is -1.08. The van der Waals surface area contributed by atoms with E-state index in [4.69, 9.17) is 27.9 Å². The minimum Gasteiger partial charge on any atom is -0.361 e. The first kappa shape index (κ1) is 21.7. The fourth-order valence-corrected chi connectivity index (χ4v) is 3.64.